The molecule has 0 saturated heterocycles. The first kappa shape index (κ1) is 17.0. The molecule has 0 aliphatic rings. The van der Waals surface area contributed by atoms with E-state index in [0.29, 0.717) is 5.69 Å². The maximum Gasteiger partial charge on any atom is 0.411 e. The van der Waals surface area contributed by atoms with Crippen LogP contribution in [0.25, 0.3) is 0 Å². The predicted octanol–water partition coefficient (Wildman–Crippen LogP) is 1.78. The predicted molar refractivity (Wildman–Crippen MR) is 67.9 cm³/mol. The molecular formula is C10H12ClF3N2O3S. The number of alkyl halides is 3. The fraction of sp³-hybridized carbons (Fsp3) is 0.400. The van der Waals surface area contributed by atoms with Crippen LogP contribution in [0.15, 0.2) is 23.1 Å². The van der Waals surface area contributed by atoms with Crippen molar-refractivity contribution in [3.63, 3.8) is 0 Å². The smallest absolute Gasteiger partial charge is 0.399 e. The highest BCUT2D eigenvalue weighted by atomic mass is 35.5. The van der Waals surface area contributed by atoms with Crippen LogP contribution in [0, 0.1) is 0 Å². The van der Waals surface area contributed by atoms with Crippen molar-refractivity contribution >= 4 is 27.3 Å². The number of hydrogen-bond donors (Lipinski definition) is 2. The summed E-state index contributed by atoms with van der Waals surface area (Å²) in [5.74, 6) is 0. The van der Waals surface area contributed by atoms with Crippen molar-refractivity contribution in [2.45, 2.75) is 11.1 Å². The van der Waals surface area contributed by atoms with Crippen LogP contribution in [0.5, 0.6) is 0 Å². The van der Waals surface area contributed by atoms with E-state index in [9.17, 15) is 21.6 Å². The van der Waals surface area contributed by atoms with Gasteiger partial charge in [-0.3, -0.25) is 0 Å². The number of benzene rings is 1. The molecular weight excluding hydrogens is 321 g/mol. The largest absolute Gasteiger partial charge is 0.411 e. The van der Waals surface area contributed by atoms with Crippen LogP contribution in [0.2, 0.25) is 5.02 Å². The van der Waals surface area contributed by atoms with Gasteiger partial charge >= 0.3 is 6.18 Å². The summed E-state index contributed by atoms with van der Waals surface area (Å²) in [5, 5.41) is -0.0753. The molecule has 0 amide bonds. The molecule has 5 nitrogen and oxygen atoms in total. The third kappa shape index (κ3) is 5.53. The Hall–Kier alpha value is -1.03. The van der Waals surface area contributed by atoms with Gasteiger partial charge in [-0.25, -0.2) is 13.1 Å². The topological polar surface area (TPSA) is 81.4 Å². The third-order valence-corrected chi connectivity index (χ3v) is 3.99. The van der Waals surface area contributed by atoms with E-state index < -0.39 is 29.4 Å². The Morgan fingerprint density at radius 2 is 2.00 bits per heavy atom. The first-order valence-corrected chi connectivity index (χ1v) is 7.17. The molecule has 0 aliphatic carbocycles. The summed E-state index contributed by atoms with van der Waals surface area (Å²) in [6.45, 7) is -2.15. The number of rotatable bonds is 6. The highest BCUT2D eigenvalue weighted by Gasteiger charge is 2.27. The number of ether oxygens (including phenoxy) is 1. The van der Waals surface area contributed by atoms with E-state index in [1.165, 1.54) is 18.2 Å². The first-order valence-electron chi connectivity index (χ1n) is 5.31. The second-order valence-corrected chi connectivity index (χ2v) is 5.90. The lowest BCUT2D eigenvalue weighted by Crippen LogP contribution is -2.29. The lowest BCUT2D eigenvalue weighted by atomic mass is 10.3. The fourth-order valence-electron chi connectivity index (χ4n) is 1.25. The summed E-state index contributed by atoms with van der Waals surface area (Å²) in [6.07, 6.45) is -4.45. The lowest BCUT2D eigenvalue weighted by molar-refractivity contribution is -0.173. The molecule has 0 atom stereocenters. The zero-order valence-electron chi connectivity index (χ0n) is 10.1. The number of sulfonamides is 1. The molecule has 114 valence electrons. The number of nitrogens with one attached hydrogen (secondary N) is 1. The maximum absolute atomic E-state index is 11.8. The van der Waals surface area contributed by atoms with E-state index in [1.54, 1.807) is 0 Å². The lowest BCUT2D eigenvalue weighted by Gasteiger charge is -2.10. The molecule has 1 aromatic carbocycles. The van der Waals surface area contributed by atoms with Gasteiger partial charge in [0.05, 0.1) is 11.6 Å². The summed E-state index contributed by atoms with van der Waals surface area (Å²) in [5.41, 5.74) is 5.72. The van der Waals surface area contributed by atoms with Gasteiger partial charge in [-0.2, -0.15) is 13.2 Å². The third-order valence-electron chi connectivity index (χ3n) is 2.05. The van der Waals surface area contributed by atoms with Crippen LogP contribution in [0.1, 0.15) is 0 Å². The Balaban J connectivity index is 2.54. The highest BCUT2D eigenvalue weighted by molar-refractivity contribution is 7.89. The van der Waals surface area contributed by atoms with Gasteiger partial charge in [0.15, 0.2) is 0 Å². The van der Waals surface area contributed by atoms with Crippen LogP contribution in [-0.4, -0.2) is 34.4 Å². The molecule has 1 aromatic rings. The Kier molecular flexibility index (Phi) is 5.63. The molecule has 0 radical (unpaired) electrons. The van der Waals surface area contributed by atoms with Gasteiger partial charge in [0, 0.05) is 12.2 Å². The van der Waals surface area contributed by atoms with Crippen molar-refractivity contribution in [2.24, 2.45) is 0 Å². The van der Waals surface area contributed by atoms with E-state index >= 15 is 0 Å². The van der Waals surface area contributed by atoms with Crippen LogP contribution >= 0.6 is 11.6 Å². The molecule has 0 saturated carbocycles. The van der Waals surface area contributed by atoms with Gasteiger partial charge in [-0.15, -0.1) is 0 Å². The monoisotopic (exact) mass is 332 g/mol. The second-order valence-electron chi connectivity index (χ2n) is 3.76. The van der Waals surface area contributed by atoms with Crippen molar-refractivity contribution in [2.75, 3.05) is 25.5 Å². The van der Waals surface area contributed by atoms with Crippen molar-refractivity contribution in [3.8, 4) is 0 Å². The van der Waals surface area contributed by atoms with Crippen molar-refractivity contribution < 1.29 is 26.3 Å². The van der Waals surface area contributed by atoms with E-state index in [0.717, 1.165) is 0 Å². The van der Waals surface area contributed by atoms with E-state index in [2.05, 4.69) is 9.46 Å². The van der Waals surface area contributed by atoms with Crippen LogP contribution in [0.4, 0.5) is 18.9 Å². The number of halogens is 4. The minimum Gasteiger partial charge on any atom is -0.399 e. The van der Waals surface area contributed by atoms with Gasteiger partial charge in [0.2, 0.25) is 10.0 Å². The molecule has 10 heteroatoms. The number of anilines is 1. The van der Waals surface area contributed by atoms with E-state index in [-0.39, 0.29) is 16.5 Å². The van der Waals surface area contributed by atoms with Gasteiger partial charge in [0.1, 0.15) is 11.5 Å². The van der Waals surface area contributed by atoms with E-state index in [1.807, 2.05) is 0 Å². The number of nitrogen functional groups attached to an aromatic ring is 1. The molecule has 20 heavy (non-hydrogen) atoms. The summed E-state index contributed by atoms with van der Waals surface area (Å²) in [4.78, 5) is -0.204. The maximum atomic E-state index is 11.8. The molecule has 0 spiro atoms. The molecule has 0 bridgehead atoms. The van der Waals surface area contributed by atoms with Gasteiger partial charge in [-0.05, 0) is 18.2 Å². The summed E-state index contributed by atoms with van der Waals surface area (Å²) >= 11 is 5.73. The number of hydrogen-bond acceptors (Lipinski definition) is 4. The zero-order chi connectivity index (χ0) is 15.4. The van der Waals surface area contributed by atoms with Crippen molar-refractivity contribution in [3.05, 3.63) is 23.2 Å². The molecule has 1 rings (SSSR count). The molecule has 0 aromatic heterocycles. The second kappa shape index (κ2) is 6.61. The van der Waals surface area contributed by atoms with E-state index in [4.69, 9.17) is 17.3 Å². The van der Waals surface area contributed by atoms with Crippen LogP contribution in [0.3, 0.4) is 0 Å². The molecule has 0 heterocycles. The number of nitrogens with two attached hydrogens (primary N) is 1. The fourth-order valence-corrected chi connectivity index (χ4v) is 2.81. The average molecular weight is 333 g/mol. The molecule has 0 aliphatic heterocycles. The van der Waals surface area contributed by atoms with Crippen molar-refractivity contribution in [1.82, 2.24) is 4.72 Å². The molecule has 3 N–H and O–H groups in total. The summed E-state index contributed by atoms with van der Waals surface area (Å²) < 4.78 is 65.3. The quantitative estimate of drug-likeness (QED) is 0.614. The summed E-state index contributed by atoms with van der Waals surface area (Å²) in [7, 11) is -3.92. The normalized spacial score (nSPS) is 12.6. The standard InChI is InChI=1S/C10H12ClF3N2O3S/c11-8-5-7(15)1-2-9(8)20(17,18)16-3-4-19-6-10(12,13)14/h1-2,5,16H,3-4,6,15H2. The van der Waals surface area contributed by atoms with Crippen molar-refractivity contribution in [1.29, 1.82) is 0 Å². The molecule has 0 fully saturated rings. The Morgan fingerprint density at radius 1 is 1.35 bits per heavy atom. The van der Waals surface area contributed by atoms with Gasteiger partial charge < -0.3 is 10.5 Å². The minimum atomic E-state index is -4.45. The van der Waals surface area contributed by atoms with Crippen LogP contribution in [-0.2, 0) is 14.8 Å². The summed E-state index contributed by atoms with van der Waals surface area (Å²) in [6, 6.07) is 3.81. The van der Waals surface area contributed by atoms with Crippen LogP contribution < -0.4 is 10.5 Å². The Bertz CT molecular complexity index is 563. The Labute approximate surface area is 118 Å². The Morgan fingerprint density at radius 3 is 2.55 bits per heavy atom. The minimum absolute atomic E-state index is 0.0753. The highest BCUT2D eigenvalue weighted by Crippen LogP contribution is 2.23. The average Bonchev–Trinajstić information content (AvgIpc) is 2.26. The molecule has 0 unspecified atom stereocenters. The SMILES string of the molecule is Nc1ccc(S(=O)(=O)NCCOCC(F)(F)F)c(Cl)c1. The van der Waals surface area contributed by atoms with Gasteiger partial charge in [0.25, 0.3) is 0 Å². The zero-order valence-corrected chi connectivity index (χ0v) is 11.6. The van der Waals surface area contributed by atoms with Gasteiger partial charge in [-0.1, -0.05) is 11.6 Å². The first-order chi connectivity index (χ1) is 9.12.